The van der Waals surface area contributed by atoms with Crippen molar-refractivity contribution >= 4 is 17.2 Å². The van der Waals surface area contributed by atoms with Crippen LogP contribution in [0.1, 0.15) is 42.6 Å². The topological polar surface area (TPSA) is 70.8 Å². The maximum absolute atomic E-state index is 13.2. The number of carbonyl (C=O) groups excluding carboxylic acids is 1. The number of carbonyl (C=O) groups is 1. The van der Waals surface area contributed by atoms with Crippen LogP contribution in [-0.4, -0.2) is 32.9 Å². The van der Waals surface area contributed by atoms with Crippen molar-refractivity contribution in [3.63, 3.8) is 0 Å². The second-order valence-corrected chi connectivity index (χ2v) is 9.31. The summed E-state index contributed by atoms with van der Waals surface area (Å²) >= 11 is 1.71. The lowest BCUT2D eigenvalue weighted by Crippen LogP contribution is -2.47. The maximum atomic E-state index is 13.2. The van der Waals surface area contributed by atoms with Gasteiger partial charge in [0.1, 0.15) is 23.2 Å². The zero-order valence-corrected chi connectivity index (χ0v) is 19.1. The number of thiophene rings is 1. The van der Waals surface area contributed by atoms with Gasteiger partial charge in [0.15, 0.2) is 0 Å². The predicted molar refractivity (Wildman–Crippen MR) is 123 cm³/mol. The molecule has 166 valence electrons. The first kappa shape index (κ1) is 20.8. The Morgan fingerprint density at radius 1 is 1.25 bits per heavy atom. The van der Waals surface area contributed by atoms with Gasteiger partial charge in [0.05, 0.1) is 18.7 Å². The number of fused-ring (bicyclic) bond motifs is 1. The predicted octanol–water partition coefficient (Wildman–Crippen LogP) is 4.63. The van der Waals surface area contributed by atoms with E-state index in [1.807, 2.05) is 68.5 Å². The third-order valence-corrected chi connectivity index (χ3v) is 6.63. The van der Waals surface area contributed by atoms with E-state index in [1.165, 1.54) is 4.88 Å². The highest BCUT2D eigenvalue weighted by atomic mass is 32.1. The van der Waals surface area contributed by atoms with E-state index in [-0.39, 0.29) is 24.1 Å². The van der Waals surface area contributed by atoms with Gasteiger partial charge in [0.2, 0.25) is 5.89 Å². The van der Waals surface area contributed by atoms with Crippen molar-refractivity contribution < 1.29 is 13.9 Å². The summed E-state index contributed by atoms with van der Waals surface area (Å²) < 4.78 is 11.6. The molecule has 1 N–H and O–H groups in total. The minimum Gasteiger partial charge on any atom is -0.491 e. The number of hydrogen-bond donors (Lipinski definition) is 1. The number of ether oxygens (including phenoxy) is 1. The summed E-state index contributed by atoms with van der Waals surface area (Å²) in [6, 6.07) is 11.8. The maximum Gasteiger partial charge on any atom is 0.251 e. The van der Waals surface area contributed by atoms with Gasteiger partial charge in [-0.05, 0) is 56.5 Å². The van der Waals surface area contributed by atoms with E-state index >= 15 is 0 Å². The number of aromatic nitrogens is 1. The molecule has 4 heterocycles. The lowest BCUT2D eigenvalue weighted by molar-refractivity contribution is -0.135. The number of amides is 1. The van der Waals surface area contributed by atoms with Crippen LogP contribution < -0.4 is 10.2 Å². The Balaban J connectivity index is 1.28. The van der Waals surface area contributed by atoms with E-state index < -0.39 is 0 Å². The number of oxazole rings is 1. The van der Waals surface area contributed by atoms with Gasteiger partial charge in [0, 0.05) is 29.3 Å². The molecule has 2 aliphatic heterocycles. The molecule has 0 spiro atoms. The van der Waals surface area contributed by atoms with Gasteiger partial charge in [-0.2, -0.15) is 0 Å². The minimum absolute atomic E-state index is 0.0678. The summed E-state index contributed by atoms with van der Waals surface area (Å²) in [5, 5.41) is 3.99. The molecule has 5 rings (SSSR count). The number of nitrogens with zero attached hydrogens (tertiary/aromatic N) is 3. The van der Waals surface area contributed by atoms with Crippen molar-refractivity contribution in [2.24, 2.45) is 0 Å². The fourth-order valence-corrected chi connectivity index (χ4v) is 4.84. The van der Waals surface area contributed by atoms with E-state index in [9.17, 15) is 4.79 Å². The largest absolute Gasteiger partial charge is 0.491 e. The van der Waals surface area contributed by atoms with Crippen molar-refractivity contribution in [2.75, 3.05) is 0 Å². The van der Waals surface area contributed by atoms with Crippen LogP contribution in [0.5, 0.6) is 5.75 Å². The third kappa shape index (κ3) is 4.03. The lowest BCUT2D eigenvalue weighted by Gasteiger charge is -2.31. The molecule has 1 aromatic carbocycles. The average molecular weight is 451 g/mol. The molecule has 7 nitrogen and oxygen atoms in total. The summed E-state index contributed by atoms with van der Waals surface area (Å²) in [7, 11) is 0. The Labute approximate surface area is 191 Å². The van der Waals surface area contributed by atoms with Gasteiger partial charge in [-0.1, -0.05) is 6.07 Å². The van der Waals surface area contributed by atoms with Gasteiger partial charge < -0.3 is 19.1 Å². The van der Waals surface area contributed by atoms with Crippen LogP contribution in [0.15, 0.2) is 58.6 Å². The fourth-order valence-electron chi connectivity index (χ4n) is 4.05. The van der Waals surface area contributed by atoms with E-state index in [0.29, 0.717) is 18.2 Å². The minimum atomic E-state index is -0.215. The van der Waals surface area contributed by atoms with Crippen molar-refractivity contribution in [3.8, 4) is 17.2 Å². The van der Waals surface area contributed by atoms with Crippen molar-refractivity contribution in [3.05, 3.63) is 70.5 Å². The van der Waals surface area contributed by atoms with E-state index in [2.05, 4.69) is 21.9 Å². The summed E-state index contributed by atoms with van der Waals surface area (Å²) in [5.41, 5.74) is 5.06. The molecule has 2 aromatic heterocycles. The molecule has 3 aromatic rings. The standard InChI is InChI=1S/C24H26N4O3S/c1-15(2)30-18-8-6-17(7-9-18)23-25-20(16(3)31-23)14-27-10-11-28-21(24(27)29)13-19(26-28)22-5-4-12-32-22/h4-12,15,19,21,26H,13-14H2,1-3H3. The fraction of sp³-hybridized carbons (Fsp3) is 0.333. The van der Waals surface area contributed by atoms with Crippen LogP contribution in [0.2, 0.25) is 0 Å². The quantitative estimate of drug-likeness (QED) is 0.590. The molecular weight excluding hydrogens is 424 g/mol. The van der Waals surface area contributed by atoms with Crippen molar-refractivity contribution in [1.29, 1.82) is 0 Å². The molecular formula is C24H26N4O3S. The van der Waals surface area contributed by atoms with Crippen LogP contribution >= 0.6 is 11.3 Å². The summed E-state index contributed by atoms with van der Waals surface area (Å²) in [5.74, 6) is 2.14. The van der Waals surface area contributed by atoms with E-state index in [0.717, 1.165) is 23.4 Å². The highest BCUT2D eigenvalue weighted by Gasteiger charge is 2.40. The molecule has 8 heteroatoms. The van der Waals surface area contributed by atoms with Crippen LogP contribution in [0.4, 0.5) is 0 Å². The van der Waals surface area contributed by atoms with E-state index in [1.54, 1.807) is 16.2 Å². The van der Waals surface area contributed by atoms with Crippen LogP contribution in [-0.2, 0) is 11.3 Å². The van der Waals surface area contributed by atoms with Crippen molar-refractivity contribution in [1.82, 2.24) is 20.3 Å². The van der Waals surface area contributed by atoms with Gasteiger partial charge in [-0.25, -0.2) is 10.4 Å². The molecule has 1 amide bonds. The summed E-state index contributed by atoms with van der Waals surface area (Å²) in [6.45, 7) is 6.26. The molecule has 0 saturated carbocycles. The first-order valence-electron chi connectivity index (χ1n) is 10.8. The number of hydrazine groups is 1. The highest BCUT2D eigenvalue weighted by Crippen LogP contribution is 2.33. The molecule has 0 bridgehead atoms. The molecule has 1 saturated heterocycles. The Morgan fingerprint density at radius 2 is 2.06 bits per heavy atom. The number of aryl methyl sites for hydroxylation is 1. The zero-order chi connectivity index (χ0) is 22.2. The molecule has 0 radical (unpaired) electrons. The molecule has 2 unspecified atom stereocenters. The zero-order valence-electron chi connectivity index (χ0n) is 18.3. The first-order chi connectivity index (χ1) is 15.5. The third-order valence-electron chi connectivity index (χ3n) is 5.65. The van der Waals surface area contributed by atoms with Crippen LogP contribution in [0.3, 0.4) is 0 Å². The lowest BCUT2D eigenvalue weighted by atomic mass is 10.1. The van der Waals surface area contributed by atoms with Crippen molar-refractivity contribution in [2.45, 2.75) is 51.9 Å². The molecule has 32 heavy (non-hydrogen) atoms. The second-order valence-electron chi connectivity index (χ2n) is 8.33. The normalized spacial score (nSPS) is 20.3. The van der Waals surface area contributed by atoms with Crippen LogP contribution in [0, 0.1) is 6.92 Å². The van der Waals surface area contributed by atoms with Gasteiger partial charge in [0.25, 0.3) is 5.91 Å². The number of nitrogens with one attached hydrogen (secondary N) is 1. The Kier molecular flexibility index (Phi) is 5.48. The summed E-state index contributed by atoms with van der Waals surface area (Å²) in [6.07, 6.45) is 4.62. The average Bonchev–Trinajstić information content (AvgIpc) is 3.50. The van der Waals surface area contributed by atoms with Gasteiger partial charge >= 0.3 is 0 Å². The first-order valence-corrected chi connectivity index (χ1v) is 11.7. The number of benzene rings is 1. The van der Waals surface area contributed by atoms with E-state index in [4.69, 9.17) is 9.15 Å². The van der Waals surface area contributed by atoms with Gasteiger partial charge in [-0.3, -0.25) is 4.79 Å². The monoisotopic (exact) mass is 450 g/mol. The van der Waals surface area contributed by atoms with Crippen LogP contribution in [0.25, 0.3) is 11.5 Å². The number of hydrogen-bond acceptors (Lipinski definition) is 7. The Morgan fingerprint density at radius 3 is 2.78 bits per heavy atom. The molecule has 2 atom stereocenters. The summed E-state index contributed by atoms with van der Waals surface area (Å²) in [4.78, 5) is 20.8. The molecule has 0 aliphatic carbocycles. The smallest absolute Gasteiger partial charge is 0.251 e. The Bertz CT molecular complexity index is 1120. The second kappa shape index (κ2) is 8.44. The SMILES string of the molecule is Cc1oc(-c2ccc(OC(C)C)cc2)nc1CN1C=CN2NC(c3cccs3)CC2C1=O. The molecule has 1 fully saturated rings. The Hall–Kier alpha value is -3.10. The van der Waals surface area contributed by atoms with Gasteiger partial charge in [-0.15, -0.1) is 11.3 Å². The number of rotatable bonds is 6. The molecule has 2 aliphatic rings. The highest BCUT2D eigenvalue weighted by molar-refractivity contribution is 7.10.